The number of rotatable bonds is 4. The molecule has 0 bridgehead atoms. The molecular weight excluding hydrogens is 245 g/mol. The maximum absolute atomic E-state index is 13.5. The van der Waals surface area contributed by atoms with Crippen LogP contribution in [0.15, 0.2) is 18.2 Å². The summed E-state index contributed by atoms with van der Waals surface area (Å²) in [6.07, 6.45) is 4.81. The fraction of sp³-hybridized carbons (Fsp3) is 0.533. The van der Waals surface area contributed by atoms with Gasteiger partial charge in [-0.05, 0) is 49.3 Å². The topological polar surface area (TPSA) is 49.3 Å². The first-order chi connectivity index (χ1) is 9.06. The predicted molar refractivity (Wildman–Crippen MR) is 71.6 cm³/mol. The van der Waals surface area contributed by atoms with Crippen molar-refractivity contribution in [3.63, 3.8) is 0 Å². The molecule has 2 N–H and O–H groups in total. The third-order valence-corrected chi connectivity index (χ3v) is 3.87. The van der Waals surface area contributed by atoms with Gasteiger partial charge in [-0.2, -0.15) is 0 Å². The quantitative estimate of drug-likeness (QED) is 0.879. The number of aromatic carboxylic acids is 1. The summed E-state index contributed by atoms with van der Waals surface area (Å²) in [4.78, 5) is 10.7. The second-order valence-electron chi connectivity index (χ2n) is 5.46. The smallest absolute Gasteiger partial charge is 0.338 e. The van der Waals surface area contributed by atoms with Crippen LogP contribution in [0.3, 0.4) is 0 Å². The Morgan fingerprint density at radius 3 is 2.63 bits per heavy atom. The first kappa shape index (κ1) is 14.0. The lowest BCUT2D eigenvalue weighted by Gasteiger charge is -2.27. The first-order valence-electron chi connectivity index (χ1n) is 6.81. The summed E-state index contributed by atoms with van der Waals surface area (Å²) in [5.41, 5.74) is 0.524. The molecule has 104 valence electrons. The third-order valence-electron chi connectivity index (χ3n) is 3.87. The molecule has 1 saturated carbocycles. The van der Waals surface area contributed by atoms with Gasteiger partial charge in [0.1, 0.15) is 5.82 Å². The Balaban J connectivity index is 1.89. The molecule has 4 heteroatoms. The second kappa shape index (κ2) is 6.15. The standard InChI is InChI=1S/C15H20FNO2/c1-10-2-5-12(6-3-10)17-9-11-4-7-13(15(18)19)14(16)8-11/h4,7-8,10,12,17H,2-3,5-6,9H2,1H3,(H,18,19). The molecule has 0 heterocycles. The monoisotopic (exact) mass is 265 g/mol. The van der Waals surface area contributed by atoms with E-state index in [1.165, 1.54) is 25.0 Å². The van der Waals surface area contributed by atoms with Crippen molar-refractivity contribution < 1.29 is 14.3 Å². The number of hydrogen-bond donors (Lipinski definition) is 2. The van der Waals surface area contributed by atoms with Crippen molar-refractivity contribution in [1.29, 1.82) is 0 Å². The second-order valence-corrected chi connectivity index (χ2v) is 5.46. The van der Waals surface area contributed by atoms with Gasteiger partial charge in [-0.1, -0.05) is 13.0 Å². The van der Waals surface area contributed by atoms with Gasteiger partial charge in [-0.25, -0.2) is 9.18 Å². The number of carboxylic acid groups (broad SMARTS) is 1. The van der Waals surface area contributed by atoms with Crippen LogP contribution in [0.25, 0.3) is 0 Å². The molecular formula is C15H20FNO2. The summed E-state index contributed by atoms with van der Waals surface area (Å²) in [6, 6.07) is 4.81. The van der Waals surface area contributed by atoms with Crippen LogP contribution >= 0.6 is 0 Å². The molecule has 19 heavy (non-hydrogen) atoms. The Labute approximate surface area is 112 Å². The van der Waals surface area contributed by atoms with Crippen molar-refractivity contribution in [1.82, 2.24) is 5.32 Å². The van der Waals surface area contributed by atoms with Crippen molar-refractivity contribution in [3.8, 4) is 0 Å². The van der Waals surface area contributed by atoms with E-state index in [9.17, 15) is 9.18 Å². The minimum absolute atomic E-state index is 0.268. The number of carboxylic acids is 1. The van der Waals surface area contributed by atoms with E-state index in [2.05, 4.69) is 12.2 Å². The molecule has 2 rings (SSSR count). The van der Waals surface area contributed by atoms with Gasteiger partial charge >= 0.3 is 5.97 Å². The minimum atomic E-state index is -1.22. The summed E-state index contributed by atoms with van der Waals surface area (Å²) in [7, 11) is 0. The normalized spacial score (nSPS) is 23.3. The molecule has 0 saturated heterocycles. The molecule has 0 spiro atoms. The summed E-state index contributed by atoms with van der Waals surface area (Å²) in [5.74, 6) is -1.08. The molecule has 0 atom stereocenters. The Morgan fingerprint density at radius 1 is 1.37 bits per heavy atom. The van der Waals surface area contributed by atoms with Gasteiger partial charge in [0.15, 0.2) is 0 Å². The molecule has 1 aromatic rings. The van der Waals surface area contributed by atoms with Gasteiger partial charge in [0, 0.05) is 12.6 Å². The van der Waals surface area contributed by atoms with Gasteiger partial charge in [-0.3, -0.25) is 0 Å². The molecule has 0 radical (unpaired) electrons. The zero-order chi connectivity index (χ0) is 13.8. The van der Waals surface area contributed by atoms with E-state index in [4.69, 9.17) is 5.11 Å². The Kier molecular flexibility index (Phi) is 4.53. The van der Waals surface area contributed by atoms with E-state index >= 15 is 0 Å². The highest BCUT2D eigenvalue weighted by Crippen LogP contribution is 2.23. The van der Waals surface area contributed by atoms with Crippen molar-refractivity contribution in [3.05, 3.63) is 35.1 Å². The molecule has 1 fully saturated rings. The largest absolute Gasteiger partial charge is 0.478 e. The van der Waals surface area contributed by atoms with Crippen LogP contribution in [-0.4, -0.2) is 17.1 Å². The number of halogens is 1. The Bertz CT molecular complexity index is 453. The summed E-state index contributed by atoms with van der Waals surface area (Å²) < 4.78 is 13.5. The lowest BCUT2D eigenvalue weighted by Crippen LogP contribution is -2.32. The lowest BCUT2D eigenvalue weighted by atomic mass is 9.87. The van der Waals surface area contributed by atoms with E-state index < -0.39 is 11.8 Å². The maximum Gasteiger partial charge on any atom is 0.338 e. The van der Waals surface area contributed by atoms with Gasteiger partial charge in [0.2, 0.25) is 0 Å². The van der Waals surface area contributed by atoms with Crippen LogP contribution in [0.5, 0.6) is 0 Å². The Morgan fingerprint density at radius 2 is 2.05 bits per heavy atom. The fourth-order valence-electron chi connectivity index (χ4n) is 2.57. The van der Waals surface area contributed by atoms with E-state index in [-0.39, 0.29) is 5.56 Å². The first-order valence-corrected chi connectivity index (χ1v) is 6.81. The van der Waals surface area contributed by atoms with E-state index in [0.717, 1.165) is 24.3 Å². The van der Waals surface area contributed by atoms with E-state index in [1.807, 2.05) is 0 Å². The van der Waals surface area contributed by atoms with Crippen LogP contribution in [-0.2, 0) is 6.54 Å². The lowest BCUT2D eigenvalue weighted by molar-refractivity contribution is 0.0692. The molecule has 0 aromatic heterocycles. The van der Waals surface area contributed by atoms with E-state index in [1.54, 1.807) is 6.07 Å². The number of carbonyl (C=O) groups is 1. The maximum atomic E-state index is 13.5. The molecule has 0 aliphatic heterocycles. The highest BCUT2D eigenvalue weighted by molar-refractivity contribution is 5.87. The van der Waals surface area contributed by atoms with Crippen LogP contribution in [0.1, 0.15) is 48.5 Å². The van der Waals surface area contributed by atoms with Crippen LogP contribution in [0.2, 0.25) is 0 Å². The van der Waals surface area contributed by atoms with Crippen molar-refractivity contribution >= 4 is 5.97 Å². The molecule has 0 amide bonds. The predicted octanol–water partition coefficient (Wildman–Crippen LogP) is 3.19. The van der Waals surface area contributed by atoms with Crippen molar-refractivity contribution in [2.24, 2.45) is 5.92 Å². The highest BCUT2D eigenvalue weighted by Gasteiger charge is 2.17. The third kappa shape index (κ3) is 3.77. The van der Waals surface area contributed by atoms with Crippen LogP contribution in [0.4, 0.5) is 4.39 Å². The minimum Gasteiger partial charge on any atom is -0.478 e. The molecule has 3 nitrogen and oxygen atoms in total. The van der Waals surface area contributed by atoms with Crippen LogP contribution < -0.4 is 5.32 Å². The average molecular weight is 265 g/mol. The number of hydrogen-bond acceptors (Lipinski definition) is 2. The summed E-state index contributed by atoms with van der Waals surface area (Å²) >= 11 is 0. The zero-order valence-electron chi connectivity index (χ0n) is 11.2. The summed E-state index contributed by atoms with van der Waals surface area (Å²) in [6.45, 7) is 2.87. The van der Waals surface area contributed by atoms with Crippen molar-refractivity contribution in [2.45, 2.75) is 45.2 Å². The fourth-order valence-corrected chi connectivity index (χ4v) is 2.57. The molecule has 1 aromatic carbocycles. The SMILES string of the molecule is CC1CCC(NCc2ccc(C(=O)O)c(F)c2)CC1. The van der Waals surface area contributed by atoms with Gasteiger partial charge in [-0.15, -0.1) is 0 Å². The number of benzene rings is 1. The van der Waals surface area contributed by atoms with Gasteiger partial charge < -0.3 is 10.4 Å². The van der Waals surface area contributed by atoms with Gasteiger partial charge in [0.05, 0.1) is 5.56 Å². The number of nitrogens with one attached hydrogen (secondary N) is 1. The molecule has 1 aliphatic rings. The highest BCUT2D eigenvalue weighted by atomic mass is 19.1. The van der Waals surface area contributed by atoms with Gasteiger partial charge in [0.25, 0.3) is 0 Å². The molecule has 1 aliphatic carbocycles. The Hall–Kier alpha value is -1.42. The van der Waals surface area contributed by atoms with E-state index in [0.29, 0.717) is 12.6 Å². The average Bonchev–Trinajstić information content (AvgIpc) is 2.37. The van der Waals surface area contributed by atoms with Crippen LogP contribution in [0, 0.1) is 11.7 Å². The van der Waals surface area contributed by atoms with Crippen molar-refractivity contribution in [2.75, 3.05) is 0 Å². The zero-order valence-corrected chi connectivity index (χ0v) is 11.2. The molecule has 0 unspecified atom stereocenters. The summed E-state index contributed by atoms with van der Waals surface area (Å²) in [5, 5.41) is 12.2.